The Morgan fingerprint density at radius 3 is 2.35 bits per heavy atom. The van der Waals surface area contributed by atoms with Crippen molar-refractivity contribution < 1.29 is 18.9 Å². The van der Waals surface area contributed by atoms with Gasteiger partial charge in [0.1, 0.15) is 12.4 Å². The summed E-state index contributed by atoms with van der Waals surface area (Å²) in [4.78, 5) is 4.61. The predicted octanol–water partition coefficient (Wildman–Crippen LogP) is 1.82. The molecule has 7 nitrogen and oxygen atoms in total. The Hall–Kier alpha value is -1.83. The molecule has 0 fully saturated rings. The minimum Gasteiger partial charge on any atom is -0.491 e. The number of hydrogen-bond donors (Lipinski definition) is 2. The molecule has 26 heavy (non-hydrogen) atoms. The summed E-state index contributed by atoms with van der Waals surface area (Å²) < 4.78 is 20.9. The smallest absolute Gasteiger partial charge is 0.191 e. The summed E-state index contributed by atoms with van der Waals surface area (Å²) >= 11 is 0. The quantitative estimate of drug-likeness (QED) is 0.297. The van der Waals surface area contributed by atoms with Gasteiger partial charge in [-0.3, -0.25) is 0 Å². The molecule has 1 rings (SSSR count). The van der Waals surface area contributed by atoms with E-state index >= 15 is 0 Å². The van der Waals surface area contributed by atoms with Crippen molar-refractivity contribution in [3.8, 4) is 5.75 Å². The van der Waals surface area contributed by atoms with Crippen molar-refractivity contribution in [2.75, 3.05) is 60.3 Å². The molecule has 7 heteroatoms. The molecule has 0 saturated carbocycles. The number of hydrogen-bond acceptors (Lipinski definition) is 5. The number of rotatable bonds is 14. The number of methoxy groups -OCH3 is 2. The predicted molar refractivity (Wildman–Crippen MR) is 104 cm³/mol. The fourth-order valence-corrected chi connectivity index (χ4v) is 2.07. The van der Waals surface area contributed by atoms with E-state index in [2.05, 4.69) is 22.5 Å². The molecule has 0 aliphatic carbocycles. The Balaban J connectivity index is 2.33. The van der Waals surface area contributed by atoms with Crippen LogP contribution in [0.3, 0.4) is 0 Å². The number of guanidine groups is 1. The van der Waals surface area contributed by atoms with E-state index in [-0.39, 0.29) is 0 Å². The van der Waals surface area contributed by atoms with Crippen LogP contribution in [0.25, 0.3) is 0 Å². The van der Waals surface area contributed by atoms with Crippen LogP contribution in [0, 0.1) is 0 Å². The van der Waals surface area contributed by atoms with E-state index in [0.717, 1.165) is 36.8 Å². The highest BCUT2D eigenvalue weighted by Gasteiger charge is 1.99. The van der Waals surface area contributed by atoms with E-state index in [1.807, 2.05) is 24.3 Å². The summed E-state index contributed by atoms with van der Waals surface area (Å²) in [5.41, 5.74) is 1.13. The maximum atomic E-state index is 5.56. The number of ether oxygens (including phenoxy) is 4. The van der Waals surface area contributed by atoms with E-state index in [4.69, 9.17) is 18.9 Å². The number of nitrogens with zero attached hydrogens (tertiary/aromatic N) is 1. The minimum atomic E-state index is 0.553. The van der Waals surface area contributed by atoms with Crippen LogP contribution in [0.5, 0.6) is 5.75 Å². The molecule has 2 N–H and O–H groups in total. The van der Waals surface area contributed by atoms with Crippen molar-refractivity contribution in [1.29, 1.82) is 0 Å². The Kier molecular flexibility index (Phi) is 13.2. The first-order valence-electron chi connectivity index (χ1n) is 9.09. The van der Waals surface area contributed by atoms with Crippen molar-refractivity contribution in [3.05, 3.63) is 29.8 Å². The van der Waals surface area contributed by atoms with Crippen LogP contribution in [0.4, 0.5) is 0 Å². The van der Waals surface area contributed by atoms with E-state index in [1.165, 1.54) is 0 Å². The van der Waals surface area contributed by atoms with Crippen molar-refractivity contribution >= 4 is 5.96 Å². The lowest BCUT2D eigenvalue weighted by Gasteiger charge is -2.11. The summed E-state index contributed by atoms with van der Waals surface area (Å²) in [5, 5.41) is 6.57. The van der Waals surface area contributed by atoms with E-state index < -0.39 is 0 Å². The number of benzene rings is 1. The first kappa shape index (κ1) is 22.2. The fraction of sp³-hybridized carbons (Fsp3) is 0.632. The maximum Gasteiger partial charge on any atom is 0.191 e. The molecular formula is C19H33N3O4. The van der Waals surface area contributed by atoms with E-state index in [0.29, 0.717) is 39.6 Å². The zero-order valence-corrected chi connectivity index (χ0v) is 16.3. The molecule has 0 aliphatic rings. The van der Waals surface area contributed by atoms with Crippen LogP contribution in [-0.4, -0.2) is 66.3 Å². The van der Waals surface area contributed by atoms with Gasteiger partial charge in [-0.15, -0.1) is 0 Å². The average molecular weight is 367 g/mol. The van der Waals surface area contributed by atoms with Gasteiger partial charge >= 0.3 is 0 Å². The summed E-state index contributed by atoms with van der Waals surface area (Å²) in [6.45, 7) is 7.41. The van der Waals surface area contributed by atoms with Gasteiger partial charge < -0.3 is 29.6 Å². The second kappa shape index (κ2) is 15.4. The zero-order valence-electron chi connectivity index (χ0n) is 16.3. The summed E-state index contributed by atoms with van der Waals surface area (Å²) in [6, 6.07) is 7.97. The molecule has 1 aromatic rings. The van der Waals surface area contributed by atoms with Gasteiger partial charge in [0, 0.05) is 33.9 Å². The monoisotopic (exact) mass is 367 g/mol. The lowest BCUT2D eigenvalue weighted by molar-refractivity contribution is 0.0698. The van der Waals surface area contributed by atoms with Crippen LogP contribution >= 0.6 is 0 Å². The van der Waals surface area contributed by atoms with Gasteiger partial charge in [-0.2, -0.15) is 0 Å². The molecule has 0 radical (unpaired) electrons. The summed E-state index contributed by atoms with van der Waals surface area (Å²) in [6.07, 6.45) is 0.918. The standard InChI is InChI=1S/C19H33N3O4/c1-4-20-19(21-10-5-11-25-14-12-23-2)22-16-17-6-8-18(9-7-17)26-15-13-24-3/h6-9H,4-5,10-16H2,1-3H3,(H2,20,21,22). The fourth-order valence-electron chi connectivity index (χ4n) is 2.07. The Labute approximate surface area is 157 Å². The summed E-state index contributed by atoms with van der Waals surface area (Å²) in [5.74, 6) is 1.65. The molecule has 0 saturated heterocycles. The third-order valence-corrected chi connectivity index (χ3v) is 3.43. The third kappa shape index (κ3) is 10.9. The normalized spacial score (nSPS) is 11.4. The van der Waals surface area contributed by atoms with Gasteiger partial charge in [0.25, 0.3) is 0 Å². The van der Waals surface area contributed by atoms with Crippen molar-refractivity contribution in [3.63, 3.8) is 0 Å². The van der Waals surface area contributed by atoms with Crippen molar-refractivity contribution in [2.24, 2.45) is 4.99 Å². The van der Waals surface area contributed by atoms with Gasteiger partial charge in [-0.05, 0) is 31.0 Å². The first-order valence-corrected chi connectivity index (χ1v) is 9.09. The van der Waals surface area contributed by atoms with Gasteiger partial charge in [0.05, 0.1) is 26.4 Å². The largest absolute Gasteiger partial charge is 0.491 e. The van der Waals surface area contributed by atoms with Crippen LogP contribution in [0.1, 0.15) is 18.9 Å². The summed E-state index contributed by atoms with van der Waals surface area (Å²) in [7, 11) is 3.33. The van der Waals surface area contributed by atoms with Crippen LogP contribution < -0.4 is 15.4 Å². The highest BCUT2D eigenvalue weighted by molar-refractivity contribution is 5.79. The van der Waals surface area contributed by atoms with Gasteiger partial charge in [0.15, 0.2) is 5.96 Å². The van der Waals surface area contributed by atoms with E-state index in [1.54, 1.807) is 14.2 Å². The Morgan fingerprint density at radius 2 is 1.65 bits per heavy atom. The van der Waals surface area contributed by atoms with Crippen LogP contribution in [0.2, 0.25) is 0 Å². The van der Waals surface area contributed by atoms with Crippen LogP contribution in [-0.2, 0) is 20.8 Å². The van der Waals surface area contributed by atoms with Gasteiger partial charge in [-0.1, -0.05) is 12.1 Å². The molecule has 0 amide bonds. The zero-order chi connectivity index (χ0) is 18.9. The topological polar surface area (TPSA) is 73.3 Å². The first-order chi connectivity index (χ1) is 12.8. The van der Waals surface area contributed by atoms with Gasteiger partial charge in [0.2, 0.25) is 0 Å². The maximum absolute atomic E-state index is 5.56. The second-order valence-corrected chi connectivity index (χ2v) is 5.57. The SMILES string of the molecule is CCNC(=NCc1ccc(OCCOC)cc1)NCCCOCCOC. The number of aliphatic imine (C=N–C) groups is 1. The van der Waals surface area contributed by atoms with Crippen molar-refractivity contribution in [2.45, 2.75) is 19.9 Å². The lowest BCUT2D eigenvalue weighted by Crippen LogP contribution is -2.38. The van der Waals surface area contributed by atoms with Crippen molar-refractivity contribution in [1.82, 2.24) is 10.6 Å². The van der Waals surface area contributed by atoms with Gasteiger partial charge in [-0.25, -0.2) is 4.99 Å². The average Bonchev–Trinajstić information content (AvgIpc) is 2.66. The minimum absolute atomic E-state index is 0.553. The molecule has 0 atom stereocenters. The lowest BCUT2D eigenvalue weighted by atomic mass is 10.2. The molecule has 148 valence electrons. The Morgan fingerprint density at radius 1 is 0.923 bits per heavy atom. The molecule has 0 spiro atoms. The molecule has 1 aromatic carbocycles. The highest BCUT2D eigenvalue weighted by Crippen LogP contribution is 2.12. The molecule has 0 unspecified atom stereocenters. The molecule has 0 bridgehead atoms. The number of nitrogens with one attached hydrogen (secondary N) is 2. The molecular weight excluding hydrogens is 334 g/mol. The van der Waals surface area contributed by atoms with Crippen LogP contribution in [0.15, 0.2) is 29.3 Å². The highest BCUT2D eigenvalue weighted by atomic mass is 16.5. The molecule has 0 heterocycles. The van der Waals surface area contributed by atoms with E-state index in [9.17, 15) is 0 Å². The second-order valence-electron chi connectivity index (χ2n) is 5.57. The molecule has 0 aromatic heterocycles. The molecule has 0 aliphatic heterocycles. The third-order valence-electron chi connectivity index (χ3n) is 3.43. The Bertz CT molecular complexity index is 480.